The van der Waals surface area contributed by atoms with Gasteiger partial charge in [-0.3, -0.25) is 4.90 Å². The van der Waals surface area contributed by atoms with E-state index in [4.69, 9.17) is 5.73 Å². The molecule has 2 aliphatic rings. The van der Waals surface area contributed by atoms with Crippen molar-refractivity contribution < 1.29 is 0 Å². The SMILES string of the molecule is C[C@@H](N)c1ccc(N2CCN(C3CCCC3)CC2)cc1Br. The molecule has 1 aromatic carbocycles. The molecule has 0 spiro atoms. The number of piperazine rings is 1. The summed E-state index contributed by atoms with van der Waals surface area (Å²) >= 11 is 3.66. The van der Waals surface area contributed by atoms with Gasteiger partial charge in [0.2, 0.25) is 0 Å². The third-order valence-electron chi connectivity index (χ3n) is 5.00. The minimum Gasteiger partial charge on any atom is -0.369 e. The van der Waals surface area contributed by atoms with Gasteiger partial charge in [-0.1, -0.05) is 34.8 Å². The maximum Gasteiger partial charge on any atom is 0.0378 e. The minimum atomic E-state index is 0.0765. The first-order chi connectivity index (χ1) is 10.1. The van der Waals surface area contributed by atoms with Gasteiger partial charge in [0.05, 0.1) is 0 Å². The minimum absolute atomic E-state index is 0.0765. The second-order valence-electron chi connectivity index (χ2n) is 6.46. The molecule has 2 N–H and O–H groups in total. The van der Waals surface area contributed by atoms with E-state index in [-0.39, 0.29) is 6.04 Å². The molecule has 1 aliphatic heterocycles. The molecule has 0 aromatic heterocycles. The summed E-state index contributed by atoms with van der Waals surface area (Å²) in [4.78, 5) is 5.20. The number of hydrogen-bond acceptors (Lipinski definition) is 3. The third-order valence-corrected chi connectivity index (χ3v) is 5.68. The predicted molar refractivity (Wildman–Crippen MR) is 92.8 cm³/mol. The maximum atomic E-state index is 5.98. The second-order valence-corrected chi connectivity index (χ2v) is 7.31. The Morgan fingerprint density at radius 1 is 1.14 bits per heavy atom. The van der Waals surface area contributed by atoms with Crippen LogP contribution in [0.2, 0.25) is 0 Å². The summed E-state index contributed by atoms with van der Waals surface area (Å²) in [6, 6.07) is 7.54. The molecule has 1 atom stereocenters. The fraction of sp³-hybridized carbons (Fsp3) is 0.647. The van der Waals surface area contributed by atoms with Crippen LogP contribution in [0.4, 0.5) is 5.69 Å². The number of nitrogens with two attached hydrogens (primary N) is 1. The normalized spacial score (nSPS) is 22.7. The number of benzene rings is 1. The fourth-order valence-corrected chi connectivity index (χ4v) is 4.42. The van der Waals surface area contributed by atoms with E-state index >= 15 is 0 Å². The zero-order valence-corrected chi connectivity index (χ0v) is 14.5. The summed E-state index contributed by atoms with van der Waals surface area (Å²) < 4.78 is 1.13. The number of nitrogens with zero attached hydrogens (tertiary/aromatic N) is 2. The van der Waals surface area contributed by atoms with Crippen LogP contribution in [0.3, 0.4) is 0 Å². The highest BCUT2D eigenvalue weighted by Gasteiger charge is 2.26. The first kappa shape index (κ1) is 15.3. The zero-order valence-electron chi connectivity index (χ0n) is 12.9. The van der Waals surface area contributed by atoms with Gasteiger partial charge in [0.25, 0.3) is 0 Å². The lowest BCUT2D eigenvalue weighted by molar-refractivity contribution is 0.187. The Morgan fingerprint density at radius 3 is 2.38 bits per heavy atom. The van der Waals surface area contributed by atoms with Gasteiger partial charge in [-0.2, -0.15) is 0 Å². The molecule has 1 saturated carbocycles. The van der Waals surface area contributed by atoms with Crippen LogP contribution in [-0.2, 0) is 0 Å². The van der Waals surface area contributed by atoms with E-state index in [0.717, 1.165) is 23.6 Å². The van der Waals surface area contributed by atoms with Crippen molar-refractivity contribution in [2.75, 3.05) is 31.1 Å². The van der Waals surface area contributed by atoms with Crippen LogP contribution in [0, 0.1) is 0 Å². The van der Waals surface area contributed by atoms with Crippen molar-refractivity contribution in [2.45, 2.75) is 44.7 Å². The van der Waals surface area contributed by atoms with Crippen LogP contribution in [-0.4, -0.2) is 37.1 Å². The number of hydrogen-bond donors (Lipinski definition) is 1. The summed E-state index contributed by atoms with van der Waals surface area (Å²) in [5, 5.41) is 0. The summed E-state index contributed by atoms with van der Waals surface area (Å²) in [5.41, 5.74) is 8.48. The van der Waals surface area contributed by atoms with Crippen LogP contribution in [0.5, 0.6) is 0 Å². The number of rotatable bonds is 3. The topological polar surface area (TPSA) is 32.5 Å². The molecule has 2 fully saturated rings. The molecule has 0 bridgehead atoms. The summed E-state index contributed by atoms with van der Waals surface area (Å²) in [7, 11) is 0. The molecule has 4 heteroatoms. The molecule has 1 heterocycles. The summed E-state index contributed by atoms with van der Waals surface area (Å²) in [6.45, 7) is 6.72. The molecule has 3 rings (SSSR count). The zero-order chi connectivity index (χ0) is 14.8. The van der Waals surface area contributed by atoms with Crippen LogP contribution < -0.4 is 10.6 Å². The van der Waals surface area contributed by atoms with Gasteiger partial charge in [0, 0.05) is 48.4 Å². The van der Waals surface area contributed by atoms with Crippen LogP contribution in [0.15, 0.2) is 22.7 Å². The second kappa shape index (κ2) is 6.67. The van der Waals surface area contributed by atoms with Crippen molar-refractivity contribution >= 4 is 21.6 Å². The van der Waals surface area contributed by atoms with E-state index in [0.29, 0.717) is 0 Å². The maximum absolute atomic E-state index is 5.98. The monoisotopic (exact) mass is 351 g/mol. The van der Waals surface area contributed by atoms with E-state index in [9.17, 15) is 0 Å². The van der Waals surface area contributed by atoms with E-state index in [2.05, 4.69) is 43.9 Å². The van der Waals surface area contributed by atoms with Gasteiger partial charge < -0.3 is 10.6 Å². The Hall–Kier alpha value is -0.580. The fourth-order valence-electron chi connectivity index (χ4n) is 3.70. The van der Waals surface area contributed by atoms with Crippen molar-refractivity contribution in [3.63, 3.8) is 0 Å². The average Bonchev–Trinajstić information content (AvgIpc) is 3.01. The Labute approximate surface area is 136 Å². The summed E-state index contributed by atoms with van der Waals surface area (Å²) in [6.07, 6.45) is 5.68. The van der Waals surface area contributed by atoms with Gasteiger partial charge in [-0.15, -0.1) is 0 Å². The van der Waals surface area contributed by atoms with E-state index < -0.39 is 0 Å². The molecule has 116 valence electrons. The Kier molecular flexibility index (Phi) is 4.87. The first-order valence-corrected chi connectivity index (χ1v) is 8.98. The third kappa shape index (κ3) is 3.43. The molecule has 3 nitrogen and oxygen atoms in total. The van der Waals surface area contributed by atoms with Crippen molar-refractivity contribution in [3.8, 4) is 0 Å². The first-order valence-electron chi connectivity index (χ1n) is 8.19. The van der Waals surface area contributed by atoms with Crippen molar-refractivity contribution in [2.24, 2.45) is 5.73 Å². The van der Waals surface area contributed by atoms with E-state index in [1.54, 1.807) is 0 Å². The highest BCUT2D eigenvalue weighted by atomic mass is 79.9. The molecule has 0 unspecified atom stereocenters. The lowest BCUT2D eigenvalue weighted by Crippen LogP contribution is -2.49. The Morgan fingerprint density at radius 2 is 1.81 bits per heavy atom. The smallest absolute Gasteiger partial charge is 0.0378 e. The molecular weight excluding hydrogens is 326 g/mol. The molecule has 0 radical (unpaired) electrons. The van der Waals surface area contributed by atoms with Crippen LogP contribution >= 0.6 is 15.9 Å². The predicted octanol–water partition coefficient (Wildman–Crippen LogP) is 3.53. The van der Waals surface area contributed by atoms with Gasteiger partial charge in [0.15, 0.2) is 0 Å². The van der Waals surface area contributed by atoms with E-state index in [1.807, 2.05) is 6.92 Å². The summed E-state index contributed by atoms with van der Waals surface area (Å²) in [5.74, 6) is 0. The lowest BCUT2D eigenvalue weighted by Gasteiger charge is -2.39. The largest absolute Gasteiger partial charge is 0.369 e. The molecule has 1 saturated heterocycles. The van der Waals surface area contributed by atoms with Gasteiger partial charge in [0.1, 0.15) is 0 Å². The Bertz CT molecular complexity index is 475. The highest BCUT2D eigenvalue weighted by Crippen LogP contribution is 2.29. The lowest BCUT2D eigenvalue weighted by atomic mass is 10.1. The van der Waals surface area contributed by atoms with Crippen molar-refractivity contribution in [3.05, 3.63) is 28.2 Å². The average molecular weight is 352 g/mol. The van der Waals surface area contributed by atoms with Gasteiger partial charge in [-0.05, 0) is 37.5 Å². The van der Waals surface area contributed by atoms with Crippen molar-refractivity contribution in [1.82, 2.24) is 4.90 Å². The quantitative estimate of drug-likeness (QED) is 0.903. The molecule has 21 heavy (non-hydrogen) atoms. The number of halogens is 1. The van der Waals surface area contributed by atoms with Gasteiger partial charge >= 0.3 is 0 Å². The van der Waals surface area contributed by atoms with Crippen LogP contribution in [0.25, 0.3) is 0 Å². The van der Waals surface area contributed by atoms with E-state index in [1.165, 1.54) is 50.0 Å². The Balaban J connectivity index is 1.62. The number of anilines is 1. The molecule has 1 aromatic rings. The van der Waals surface area contributed by atoms with Gasteiger partial charge in [-0.25, -0.2) is 0 Å². The standard InChI is InChI=1S/C17H26BrN3/c1-13(19)16-7-6-15(12-17(16)18)21-10-8-20(9-11-21)14-4-2-3-5-14/h6-7,12-14H,2-5,8-11,19H2,1H3/t13-/m1/s1. The van der Waals surface area contributed by atoms with Crippen molar-refractivity contribution in [1.29, 1.82) is 0 Å². The molecule has 1 aliphatic carbocycles. The highest BCUT2D eigenvalue weighted by molar-refractivity contribution is 9.10. The molecular formula is C17H26BrN3. The van der Waals surface area contributed by atoms with Crippen LogP contribution in [0.1, 0.15) is 44.2 Å². The molecule has 0 amide bonds.